The van der Waals surface area contributed by atoms with Crippen LogP contribution in [-0.4, -0.2) is 14.2 Å². The van der Waals surface area contributed by atoms with Crippen molar-refractivity contribution in [1.29, 1.82) is 0 Å². The number of halogens is 2. The third-order valence-electron chi connectivity index (χ3n) is 1.61. The molecule has 0 bridgehead atoms. The summed E-state index contributed by atoms with van der Waals surface area (Å²) in [7, 11) is -3.13. The zero-order chi connectivity index (χ0) is 10.1. The van der Waals surface area contributed by atoms with Crippen molar-refractivity contribution in [2.24, 2.45) is 0 Å². The van der Waals surface area contributed by atoms with Gasteiger partial charge in [-0.3, -0.25) is 0 Å². The van der Waals surface area contributed by atoms with Gasteiger partial charge in [0.1, 0.15) is 0 Å². The molecule has 5 heteroatoms. The maximum absolute atomic E-state index is 11.5. The largest absolute Gasteiger partial charge is 0.224 e. The number of hydrogen-bond donors (Lipinski definition) is 0. The summed E-state index contributed by atoms with van der Waals surface area (Å²) in [5.74, 6) is 0.113. The molecule has 0 radical (unpaired) electrons. The van der Waals surface area contributed by atoms with E-state index in [1.807, 2.05) is 0 Å². The van der Waals surface area contributed by atoms with Crippen molar-refractivity contribution < 1.29 is 8.42 Å². The van der Waals surface area contributed by atoms with Crippen LogP contribution in [-0.2, 0) is 9.84 Å². The van der Waals surface area contributed by atoms with Crippen LogP contribution in [0.2, 0.25) is 0 Å². The fraction of sp³-hybridized carbons (Fsp3) is 0.250. The van der Waals surface area contributed by atoms with Gasteiger partial charge < -0.3 is 0 Å². The van der Waals surface area contributed by atoms with Crippen molar-refractivity contribution in [2.45, 2.75) is 11.8 Å². The van der Waals surface area contributed by atoms with E-state index < -0.39 is 9.84 Å². The number of sulfone groups is 1. The molecule has 0 aliphatic heterocycles. The normalized spacial score (nSPS) is 11.6. The van der Waals surface area contributed by atoms with Gasteiger partial charge in [0.15, 0.2) is 9.84 Å². The topological polar surface area (TPSA) is 34.1 Å². The molecular formula is C8H8Br2O2S. The molecule has 0 aromatic heterocycles. The SMILES string of the molecule is CCS(=O)(=O)c1cc(Br)ccc1Br. The summed E-state index contributed by atoms with van der Waals surface area (Å²) in [6.07, 6.45) is 0. The molecule has 0 aliphatic rings. The van der Waals surface area contributed by atoms with E-state index in [1.165, 1.54) is 0 Å². The van der Waals surface area contributed by atoms with Crippen LogP contribution in [0.5, 0.6) is 0 Å². The molecule has 0 heterocycles. The molecule has 0 amide bonds. The van der Waals surface area contributed by atoms with E-state index in [0.717, 1.165) is 4.47 Å². The number of hydrogen-bond acceptors (Lipinski definition) is 2. The first-order valence-corrected chi connectivity index (χ1v) is 6.89. The van der Waals surface area contributed by atoms with E-state index in [1.54, 1.807) is 25.1 Å². The Balaban J connectivity index is 3.38. The minimum atomic E-state index is -3.13. The Morgan fingerprint density at radius 1 is 1.31 bits per heavy atom. The molecule has 0 saturated heterocycles. The lowest BCUT2D eigenvalue weighted by Crippen LogP contribution is -2.04. The standard InChI is InChI=1S/C8H8Br2O2S/c1-2-13(11,12)8-5-6(9)3-4-7(8)10/h3-5H,2H2,1H3. The van der Waals surface area contributed by atoms with Crippen molar-refractivity contribution in [3.8, 4) is 0 Å². The van der Waals surface area contributed by atoms with E-state index in [-0.39, 0.29) is 5.75 Å². The van der Waals surface area contributed by atoms with Gasteiger partial charge in [0, 0.05) is 8.95 Å². The molecule has 0 spiro atoms. The van der Waals surface area contributed by atoms with Gasteiger partial charge in [-0.05, 0) is 34.1 Å². The highest BCUT2D eigenvalue weighted by atomic mass is 79.9. The van der Waals surface area contributed by atoms with Gasteiger partial charge in [0.25, 0.3) is 0 Å². The molecule has 1 aromatic carbocycles. The molecular weight excluding hydrogens is 320 g/mol. The molecule has 1 rings (SSSR count). The Labute approximate surface area is 94.5 Å². The van der Waals surface area contributed by atoms with E-state index in [4.69, 9.17) is 0 Å². The fourth-order valence-electron chi connectivity index (χ4n) is 0.871. The van der Waals surface area contributed by atoms with Crippen LogP contribution in [0.1, 0.15) is 6.92 Å². The highest BCUT2D eigenvalue weighted by molar-refractivity contribution is 9.11. The summed E-state index contributed by atoms with van der Waals surface area (Å²) < 4.78 is 24.4. The molecule has 2 nitrogen and oxygen atoms in total. The Bertz CT molecular complexity index is 412. The Kier molecular flexibility index (Phi) is 3.54. The summed E-state index contributed by atoms with van der Waals surface area (Å²) in [6.45, 7) is 1.63. The Morgan fingerprint density at radius 2 is 1.92 bits per heavy atom. The zero-order valence-corrected chi connectivity index (χ0v) is 10.9. The minimum absolute atomic E-state index is 0.113. The van der Waals surface area contributed by atoms with Crippen LogP contribution < -0.4 is 0 Å². The van der Waals surface area contributed by atoms with E-state index in [2.05, 4.69) is 31.9 Å². The second-order valence-electron chi connectivity index (χ2n) is 2.48. The van der Waals surface area contributed by atoms with Gasteiger partial charge in [0.2, 0.25) is 0 Å². The first-order chi connectivity index (χ1) is 5.97. The summed E-state index contributed by atoms with van der Waals surface area (Å²) in [5.41, 5.74) is 0. The predicted molar refractivity (Wildman–Crippen MR) is 59.6 cm³/mol. The summed E-state index contributed by atoms with van der Waals surface area (Å²) in [6, 6.07) is 5.11. The van der Waals surface area contributed by atoms with E-state index in [0.29, 0.717) is 9.37 Å². The fourth-order valence-corrected chi connectivity index (χ4v) is 3.35. The monoisotopic (exact) mass is 326 g/mol. The Hall–Kier alpha value is 0.130. The van der Waals surface area contributed by atoms with Crippen molar-refractivity contribution in [3.63, 3.8) is 0 Å². The predicted octanol–water partition coefficient (Wildman–Crippen LogP) is 3.01. The molecule has 13 heavy (non-hydrogen) atoms. The lowest BCUT2D eigenvalue weighted by Gasteiger charge is -2.04. The molecule has 0 fully saturated rings. The molecule has 0 saturated carbocycles. The van der Waals surface area contributed by atoms with Crippen LogP contribution in [0, 0.1) is 0 Å². The van der Waals surface area contributed by atoms with Gasteiger partial charge in [0.05, 0.1) is 10.6 Å². The molecule has 0 unspecified atom stereocenters. The zero-order valence-electron chi connectivity index (χ0n) is 6.92. The number of benzene rings is 1. The van der Waals surface area contributed by atoms with Gasteiger partial charge in [-0.25, -0.2) is 8.42 Å². The molecule has 0 N–H and O–H groups in total. The van der Waals surface area contributed by atoms with Gasteiger partial charge in [-0.2, -0.15) is 0 Å². The molecule has 0 aliphatic carbocycles. The first-order valence-electron chi connectivity index (χ1n) is 3.65. The van der Waals surface area contributed by atoms with E-state index in [9.17, 15) is 8.42 Å². The van der Waals surface area contributed by atoms with Gasteiger partial charge >= 0.3 is 0 Å². The van der Waals surface area contributed by atoms with Crippen LogP contribution in [0.25, 0.3) is 0 Å². The molecule has 1 aromatic rings. The molecule has 0 atom stereocenters. The van der Waals surface area contributed by atoms with Gasteiger partial charge in [-0.1, -0.05) is 22.9 Å². The summed E-state index contributed by atoms with van der Waals surface area (Å²) >= 11 is 6.44. The first kappa shape index (κ1) is 11.2. The van der Waals surface area contributed by atoms with Crippen LogP contribution in [0.3, 0.4) is 0 Å². The van der Waals surface area contributed by atoms with Crippen LogP contribution >= 0.6 is 31.9 Å². The highest BCUT2D eigenvalue weighted by Crippen LogP contribution is 2.26. The Morgan fingerprint density at radius 3 is 2.46 bits per heavy atom. The van der Waals surface area contributed by atoms with Crippen molar-refractivity contribution in [1.82, 2.24) is 0 Å². The quantitative estimate of drug-likeness (QED) is 0.836. The summed E-state index contributed by atoms with van der Waals surface area (Å²) in [5, 5.41) is 0. The lowest BCUT2D eigenvalue weighted by molar-refractivity contribution is 0.597. The van der Waals surface area contributed by atoms with Crippen molar-refractivity contribution >= 4 is 41.7 Å². The minimum Gasteiger partial charge on any atom is -0.224 e. The van der Waals surface area contributed by atoms with Gasteiger partial charge in [-0.15, -0.1) is 0 Å². The number of rotatable bonds is 2. The lowest BCUT2D eigenvalue weighted by atomic mass is 10.4. The van der Waals surface area contributed by atoms with Crippen molar-refractivity contribution in [3.05, 3.63) is 27.1 Å². The van der Waals surface area contributed by atoms with Crippen LogP contribution in [0.15, 0.2) is 32.0 Å². The molecule has 72 valence electrons. The summed E-state index contributed by atoms with van der Waals surface area (Å²) in [4.78, 5) is 0.337. The maximum Gasteiger partial charge on any atom is 0.179 e. The average molecular weight is 328 g/mol. The second-order valence-corrected chi connectivity index (χ2v) is 6.49. The average Bonchev–Trinajstić information content (AvgIpc) is 2.09. The van der Waals surface area contributed by atoms with Crippen LogP contribution in [0.4, 0.5) is 0 Å². The highest BCUT2D eigenvalue weighted by Gasteiger charge is 2.15. The maximum atomic E-state index is 11.5. The third kappa shape index (κ3) is 2.54. The van der Waals surface area contributed by atoms with Crippen molar-refractivity contribution in [2.75, 3.05) is 5.75 Å². The smallest absolute Gasteiger partial charge is 0.179 e. The van der Waals surface area contributed by atoms with E-state index >= 15 is 0 Å². The second kappa shape index (κ2) is 4.11. The third-order valence-corrected chi connectivity index (χ3v) is 4.82.